The molecular weight excluding hydrogens is 402 g/mol. The number of aliphatic imine (C=N–C) groups is 1. The molecule has 30 heavy (non-hydrogen) atoms. The predicted octanol–water partition coefficient (Wildman–Crippen LogP) is 3.85. The van der Waals surface area contributed by atoms with Crippen molar-refractivity contribution in [2.24, 2.45) is 4.99 Å². The van der Waals surface area contributed by atoms with Gasteiger partial charge in [-0.05, 0) is 42.3 Å². The van der Waals surface area contributed by atoms with Gasteiger partial charge in [0.15, 0.2) is 5.96 Å². The number of rotatable bonds is 4. The summed E-state index contributed by atoms with van der Waals surface area (Å²) in [5, 5.41) is 8.04. The van der Waals surface area contributed by atoms with Crippen molar-refractivity contribution in [2.45, 2.75) is 19.6 Å². The van der Waals surface area contributed by atoms with Crippen LogP contribution in [-0.4, -0.2) is 47.7 Å². The molecule has 1 N–H and O–H groups in total. The van der Waals surface area contributed by atoms with Gasteiger partial charge in [-0.2, -0.15) is 4.98 Å². The van der Waals surface area contributed by atoms with Crippen LogP contribution in [0.15, 0.2) is 58.0 Å². The van der Waals surface area contributed by atoms with E-state index in [0.717, 1.165) is 24.6 Å². The van der Waals surface area contributed by atoms with Gasteiger partial charge in [-0.3, -0.25) is 4.99 Å². The lowest BCUT2D eigenvalue weighted by atomic mass is 10.0. The first-order valence-corrected chi connectivity index (χ1v) is 10.2. The molecule has 1 unspecified atom stereocenters. The molecule has 1 aliphatic rings. The SMILES string of the molecule is CN=C(NCc1nc(-c2ccc(Cl)cc2)no1)N1CCOC(c2ccccc2C)C1. The molecule has 7 nitrogen and oxygen atoms in total. The Morgan fingerprint density at radius 3 is 2.80 bits per heavy atom. The van der Waals surface area contributed by atoms with Crippen LogP contribution in [0.2, 0.25) is 5.02 Å². The number of guanidine groups is 1. The zero-order chi connectivity index (χ0) is 20.9. The van der Waals surface area contributed by atoms with Crippen LogP contribution in [-0.2, 0) is 11.3 Å². The number of nitrogens with zero attached hydrogens (tertiary/aromatic N) is 4. The van der Waals surface area contributed by atoms with Crippen LogP contribution in [0.1, 0.15) is 23.1 Å². The normalized spacial score (nSPS) is 17.2. The molecule has 156 valence electrons. The minimum Gasteiger partial charge on any atom is -0.370 e. The van der Waals surface area contributed by atoms with Crippen molar-refractivity contribution in [3.05, 3.63) is 70.6 Å². The van der Waals surface area contributed by atoms with E-state index < -0.39 is 0 Å². The third-order valence-electron chi connectivity index (χ3n) is 5.08. The van der Waals surface area contributed by atoms with Crippen molar-refractivity contribution >= 4 is 17.6 Å². The molecule has 4 rings (SSSR count). The Morgan fingerprint density at radius 2 is 2.03 bits per heavy atom. The van der Waals surface area contributed by atoms with Crippen LogP contribution in [0, 0.1) is 6.92 Å². The molecule has 1 aromatic heterocycles. The summed E-state index contributed by atoms with van der Waals surface area (Å²) in [5.41, 5.74) is 3.29. The number of benzene rings is 2. The summed E-state index contributed by atoms with van der Waals surface area (Å²) in [5.74, 6) is 1.80. The highest BCUT2D eigenvalue weighted by Crippen LogP contribution is 2.25. The van der Waals surface area contributed by atoms with Crippen molar-refractivity contribution in [1.82, 2.24) is 20.4 Å². The fraction of sp³-hybridized carbons (Fsp3) is 0.318. The molecule has 8 heteroatoms. The van der Waals surface area contributed by atoms with Crippen LogP contribution >= 0.6 is 11.6 Å². The summed E-state index contributed by atoms with van der Waals surface area (Å²) in [6.07, 6.45) is 0.0124. The first-order valence-electron chi connectivity index (χ1n) is 9.85. The van der Waals surface area contributed by atoms with E-state index in [4.69, 9.17) is 20.9 Å². The second-order valence-corrected chi connectivity index (χ2v) is 7.52. The molecule has 0 saturated carbocycles. The first kappa shape index (κ1) is 20.4. The Morgan fingerprint density at radius 1 is 1.23 bits per heavy atom. The van der Waals surface area contributed by atoms with Crippen molar-refractivity contribution in [1.29, 1.82) is 0 Å². The van der Waals surface area contributed by atoms with Gasteiger partial charge in [0.2, 0.25) is 11.7 Å². The van der Waals surface area contributed by atoms with E-state index in [1.54, 1.807) is 19.2 Å². The topological polar surface area (TPSA) is 75.8 Å². The summed E-state index contributed by atoms with van der Waals surface area (Å²) >= 11 is 5.94. The highest BCUT2D eigenvalue weighted by atomic mass is 35.5. The van der Waals surface area contributed by atoms with Gasteiger partial charge in [0.25, 0.3) is 0 Å². The van der Waals surface area contributed by atoms with Crippen molar-refractivity contribution < 1.29 is 9.26 Å². The van der Waals surface area contributed by atoms with Crippen LogP contribution in [0.3, 0.4) is 0 Å². The van der Waals surface area contributed by atoms with Gasteiger partial charge < -0.3 is 19.5 Å². The largest absolute Gasteiger partial charge is 0.370 e. The second kappa shape index (κ2) is 9.28. The van der Waals surface area contributed by atoms with Crippen molar-refractivity contribution in [3.63, 3.8) is 0 Å². The number of morpholine rings is 1. The molecule has 0 aliphatic carbocycles. The van der Waals surface area contributed by atoms with E-state index in [2.05, 4.69) is 44.4 Å². The monoisotopic (exact) mass is 425 g/mol. The molecule has 0 spiro atoms. The Bertz CT molecular complexity index is 1020. The Balaban J connectivity index is 1.39. The molecular formula is C22H24ClN5O2. The second-order valence-electron chi connectivity index (χ2n) is 7.08. The molecule has 0 amide bonds. The van der Waals surface area contributed by atoms with E-state index in [9.17, 15) is 0 Å². The standard InChI is InChI=1S/C22H24ClN5O2/c1-15-5-3-4-6-18(15)19-14-28(11-12-29-19)22(24-2)25-13-20-26-21(27-30-20)16-7-9-17(23)10-8-16/h3-10,19H,11-14H2,1-2H3,(H,24,25). The van der Waals surface area contributed by atoms with Gasteiger partial charge in [0.05, 0.1) is 19.7 Å². The number of aromatic nitrogens is 2. The number of nitrogens with one attached hydrogen (secondary N) is 1. The smallest absolute Gasteiger partial charge is 0.246 e. The minimum absolute atomic E-state index is 0.0124. The maximum absolute atomic E-state index is 6.02. The fourth-order valence-electron chi connectivity index (χ4n) is 3.51. The van der Waals surface area contributed by atoms with E-state index in [1.807, 2.05) is 24.3 Å². The quantitative estimate of drug-likeness (QED) is 0.505. The number of aryl methyl sites for hydroxylation is 1. The maximum Gasteiger partial charge on any atom is 0.246 e. The zero-order valence-electron chi connectivity index (χ0n) is 17.0. The maximum atomic E-state index is 6.02. The predicted molar refractivity (Wildman–Crippen MR) is 116 cm³/mol. The Hall–Kier alpha value is -2.90. The van der Waals surface area contributed by atoms with Crippen molar-refractivity contribution in [2.75, 3.05) is 26.7 Å². The van der Waals surface area contributed by atoms with Crippen molar-refractivity contribution in [3.8, 4) is 11.4 Å². The number of ether oxygens (including phenoxy) is 1. The zero-order valence-corrected chi connectivity index (χ0v) is 17.8. The van der Waals surface area contributed by atoms with E-state index in [1.165, 1.54) is 11.1 Å². The summed E-state index contributed by atoms with van der Waals surface area (Å²) < 4.78 is 11.4. The highest BCUT2D eigenvalue weighted by molar-refractivity contribution is 6.30. The Labute approximate surface area is 180 Å². The highest BCUT2D eigenvalue weighted by Gasteiger charge is 2.25. The number of hydrogen-bond acceptors (Lipinski definition) is 5. The Kier molecular flexibility index (Phi) is 6.30. The summed E-state index contributed by atoms with van der Waals surface area (Å²) in [7, 11) is 1.77. The van der Waals surface area contributed by atoms with Crippen LogP contribution in [0.5, 0.6) is 0 Å². The lowest BCUT2D eigenvalue weighted by Crippen LogP contribution is -2.48. The number of halogens is 1. The van der Waals surface area contributed by atoms with E-state index in [0.29, 0.717) is 29.9 Å². The summed E-state index contributed by atoms with van der Waals surface area (Å²) in [6, 6.07) is 15.7. The van der Waals surface area contributed by atoms with Gasteiger partial charge in [0.1, 0.15) is 6.10 Å². The van der Waals surface area contributed by atoms with Gasteiger partial charge in [-0.1, -0.05) is 41.0 Å². The molecule has 2 aromatic carbocycles. The molecule has 2 heterocycles. The third-order valence-corrected chi connectivity index (χ3v) is 5.33. The fourth-order valence-corrected chi connectivity index (χ4v) is 3.63. The molecule has 1 aliphatic heterocycles. The number of hydrogen-bond donors (Lipinski definition) is 1. The lowest BCUT2D eigenvalue weighted by molar-refractivity contribution is -0.00837. The molecule has 1 atom stereocenters. The van der Waals surface area contributed by atoms with Crippen LogP contribution in [0.25, 0.3) is 11.4 Å². The first-order chi connectivity index (χ1) is 14.6. The molecule has 3 aromatic rings. The van der Waals surface area contributed by atoms with E-state index >= 15 is 0 Å². The van der Waals surface area contributed by atoms with Gasteiger partial charge in [-0.25, -0.2) is 0 Å². The molecule has 0 radical (unpaired) electrons. The van der Waals surface area contributed by atoms with Crippen LogP contribution in [0.4, 0.5) is 0 Å². The lowest BCUT2D eigenvalue weighted by Gasteiger charge is -2.35. The molecule has 0 bridgehead atoms. The van der Waals surface area contributed by atoms with Gasteiger partial charge in [0, 0.05) is 24.2 Å². The van der Waals surface area contributed by atoms with Gasteiger partial charge in [-0.15, -0.1) is 0 Å². The van der Waals surface area contributed by atoms with E-state index in [-0.39, 0.29) is 6.10 Å². The third kappa shape index (κ3) is 4.63. The van der Waals surface area contributed by atoms with Crippen LogP contribution < -0.4 is 5.32 Å². The molecule has 1 fully saturated rings. The summed E-state index contributed by atoms with van der Waals surface area (Å²) in [6.45, 7) is 4.63. The van der Waals surface area contributed by atoms with Gasteiger partial charge >= 0.3 is 0 Å². The summed E-state index contributed by atoms with van der Waals surface area (Å²) in [4.78, 5) is 11.1. The minimum atomic E-state index is 0.0124. The average Bonchev–Trinajstić information content (AvgIpc) is 3.24. The average molecular weight is 426 g/mol. The molecule has 1 saturated heterocycles.